The second kappa shape index (κ2) is 5.18. The van der Waals surface area contributed by atoms with Crippen LogP contribution in [-0.4, -0.2) is 15.2 Å². The van der Waals surface area contributed by atoms with Crippen molar-refractivity contribution >= 4 is 11.6 Å². The average molecular weight is 305 g/mol. The largest absolute Gasteiger partial charge is 0.507 e. The molecule has 1 N–H and O–H groups in total. The third-order valence-corrected chi connectivity index (χ3v) is 3.28. The third-order valence-electron chi connectivity index (χ3n) is 3.05. The van der Waals surface area contributed by atoms with Crippen LogP contribution in [0, 0.1) is 12.7 Å². The maximum atomic E-state index is 13.6. The molecule has 0 atom stereocenters. The van der Waals surface area contributed by atoms with E-state index in [4.69, 9.17) is 16.1 Å². The fourth-order valence-electron chi connectivity index (χ4n) is 1.86. The van der Waals surface area contributed by atoms with Gasteiger partial charge in [0.15, 0.2) is 0 Å². The van der Waals surface area contributed by atoms with Crippen LogP contribution in [0.4, 0.5) is 4.39 Å². The van der Waals surface area contributed by atoms with E-state index in [1.165, 1.54) is 18.2 Å². The first kappa shape index (κ1) is 13.6. The van der Waals surface area contributed by atoms with E-state index in [0.29, 0.717) is 21.7 Å². The molecule has 106 valence electrons. The van der Waals surface area contributed by atoms with Gasteiger partial charge in [-0.05, 0) is 36.8 Å². The molecule has 0 unspecified atom stereocenters. The number of rotatable bonds is 2. The summed E-state index contributed by atoms with van der Waals surface area (Å²) < 4.78 is 18.7. The van der Waals surface area contributed by atoms with Crippen molar-refractivity contribution in [2.24, 2.45) is 0 Å². The third kappa shape index (κ3) is 2.60. The molecular formula is C15H10ClFN2O2. The molecule has 0 spiro atoms. The number of phenols is 1. The van der Waals surface area contributed by atoms with Gasteiger partial charge in [0.2, 0.25) is 5.82 Å². The zero-order valence-corrected chi connectivity index (χ0v) is 11.7. The highest BCUT2D eigenvalue weighted by Gasteiger charge is 2.15. The van der Waals surface area contributed by atoms with Crippen LogP contribution in [0.1, 0.15) is 5.56 Å². The second-order valence-corrected chi connectivity index (χ2v) is 4.99. The zero-order chi connectivity index (χ0) is 15.0. The number of aromatic hydroxyl groups is 1. The number of hydrogen-bond donors (Lipinski definition) is 1. The summed E-state index contributed by atoms with van der Waals surface area (Å²) in [5.74, 6) is -0.0107. The van der Waals surface area contributed by atoms with E-state index < -0.39 is 0 Å². The maximum absolute atomic E-state index is 13.6. The highest BCUT2D eigenvalue weighted by molar-refractivity contribution is 6.30. The van der Waals surface area contributed by atoms with Gasteiger partial charge in [0.05, 0.1) is 5.56 Å². The molecule has 0 bridgehead atoms. The number of nitrogens with zero attached hydrogens (tertiary/aromatic N) is 2. The average Bonchev–Trinajstić information content (AvgIpc) is 2.94. The standard InChI is InChI=1S/C15H10ClFN2O2/c1-8-2-3-9(6-12(8)17)14-18-15(21-19-14)11-7-10(16)4-5-13(11)20/h2-7,20H,1H3. The number of benzene rings is 2. The van der Waals surface area contributed by atoms with Crippen LogP contribution < -0.4 is 0 Å². The minimum Gasteiger partial charge on any atom is -0.507 e. The number of aryl methyl sites for hydroxylation is 1. The van der Waals surface area contributed by atoms with Gasteiger partial charge in [-0.15, -0.1) is 0 Å². The molecule has 2 aromatic carbocycles. The van der Waals surface area contributed by atoms with Gasteiger partial charge in [-0.2, -0.15) is 4.98 Å². The molecule has 0 amide bonds. The SMILES string of the molecule is Cc1ccc(-c2noc(-c3cc(Cl)ccc3O)n2)cc1F. The normalized spacial score (nSPS) is 10.8. The van der Waals surface area contributed by atoms with Gasteiger partial charge in [-0.3, -0.25) is 0 Å². The summed E-state index contributed by atoms with van der Waals surface area (Å²) >= 11 is 5.88. The van der Waals surface area contributed by atoms with Gasteiger partial charge in [0.1, 0.15) is 11.6 Å². The predicted molar refractivity (Wildman–Crippen MR) is 76.5 cm³/mol. The lowest BCUT2D eigenvalue weighted by Crippen LogP contribution is -1.86. The topological polar surface area (TPSA) is 59.2 Å². The molecule has 0 saturated carbocycles. The second-order valence-electron chi connectivity index (χ2n) is 4.55. The minimum absolute atomic E-state index is 0.0234. The monoisotopic (exact) mass is 304 g/mol. The van der Waals surface area contributed by atoms with Crippen LogP contribution in [0.5, 0.6) is 5.75 Å². The Bertz CT molecular complexity index is 817. The molecule has 1 aromatic heterocycles. The summed E-state index contributed by atoms with van der Waals surface area (Å²) in [6.45, 7) is 1.67. The first-order valence-corrected chi connectivity index (χ1v) is 6.51. The van der Waals surface area contributed by atoms with E-state index in [0.717, 1.165) is 0 Å². The van der Waals surface area contributed by atoms with Crippen LogP contribution in [0.3, 0.4) is 0 Å². The molecule has 0 fully saturated rings. The van der Waals surface area contributed by atoms with Crippen molar-refractivity contribution in [1.29, 1.82) is 0 Å². The lowest BCUT2D eigenvalue weighted by molar-refractivity contribution is 0.425. The Kier molecular flexibility index (Phi) is 3.35. The first-order chi connectivity index (χ1) is 10.0. The molecule has 0 aliphatic carbocycles. The molecule has 3 rings (SSSR count). The van der Waals surface area contributed by atoms with Crippen LogP contribution in [0.2, 0.25) is 5.02 Å². The molecular weight excluding hydrogens is 295 g/mol. The molecule has 0 aliphatic heterocycles. The van der Waals surface area contributed by atoms with Crippen molar-refractivity contribution in [1.82, 2.24) is 10.1 Å². The van der Waals surface area contributed by atoms with Crippen molar-refractivity contribution in [3.8, 4) is 28.6 Å². The summed E-state index contributed by atoms with van der Waals surface area (Å²) in [7, 11) is 0. The van der Waals surface area contributed by atoms with Gasteiger partial charge in [-0.1, -0.05) is 28.9 Å². The highest BCUT2D eigenvalue weighted by Crippen LogP contribution is 2.31. The summed E-state index contributed by atoms with van der Waals surface area (Å²) in [6.07, 6.45) is 0. The van der Waals surface area contributed by atoms with Gasteiger partial charge < -0.3 is 9.63 Å². The molecule has 3 aromatic rings. The molecule has 4 nitrogen and oxygen atoms in total. The van der Waals surface area contributed by atoms with Crippen molar-refractivity contribution in [3.05, 3.63) is 52.8 Å². The molecule has 21 heavy (non-hydrogen) atoms. The van der Waals surface area contributed by atoms with Crippen LogP contribution in [0.15, 0.2) is 40.9 Å². The summed E-state index contributed by atoms with van der Waals surface area (Å²) in [6, 6.07) is 9.17. The van der Waals surface area contributed by atoms with Crippen molar-refractivity contribution in [3.63, 3.8) is 0 Å². The zero-order valence-electron chi connectivity index (χ0n) is 11.0. The molecule has 0 aliphatic rings. The summed E-state index contributed by atoms with van der Waals surface area (Å²) in [5, 5.41) is 14.0. The van der Waals surface area contributed by atoms with Gasteiger partial charge in [-0.25, -0.2) is 4.39 Å². The van der Waals surface area contributed by atoms with Gasteiger partial charge in [0, 0.05) is 10.6 Å². The quantitative estimate of drug-likeness (QED) is 0.770. The van der Waals surface area contributed by atoms with Crippen LogP contribution >= 0.6 is 11.6 Å². The number of phenolic OH excluding ortho intramolecular Hbond substituents is 1. The van der Waals surface area contributed by atoms with Gasteiger partial charge in [0.25, 0.3) is 5.89 Å². The van der Waals surface area contributed by atoms with E-state index in [9.17, 15) is 9.50 Å². The van der Waals surface area contributed by atoms with E-state index in [-0.39, 0.29) is 23.3 Å². The molecule has 0 saturated heterocycles. The fourth-order valence-corrected chi connectivity index (χ4v) is 2.03. The Labute approximate surface area is 124 Å². The Hall–Kier alpha value is -2.40. The van der Waals surface area contributed by atoms with E-state index in [1.54, 1.807) is 25.1 Å². The molecule has 6 heteroatoms. The van der Waals surface area contributed by atoms with E-state index in [1.807, 2.05) is 0 Å². The highest BCUT2D eigenvalue weighted by atomic mass is 35.5. The van der Waals surface area contributed by atoms with Crippen LogP contribution in [0.25, 0.3) is 22.8 Å². The smallest absolute Gasteiger partial charge is 0.262 e. The fraction of sp³-hybridized carbons (Fsp3) is 0.0667. The van der Waals surface area contributed by atoms with Gasteiger partial charge >= 0.3 is 0 Å². The number of halogens is 2. The van der Waals surface area contributed by atoms with Crippen molar-refractivity contribution < 1.29 is 14.0 Å². The Morgan fingerprint density at radius 3 is 2.76 bits per heavy atom. The van der Waals surface area contributed by atoms with E-state index in [2.05, 4.69) is 10.1 Å². The number of hydrogen-bond acceptors (Lipinski definition) is 4. The number of aromatic nitrogens is 2. The Morgan fingerprint density at radius 1 is 1.19 bits per heavy atom. The maximum Gasteiger partial charge on any atom is 0.262 e. The first-order valence-electron chi connectivity index (χ1n) is 6.14. The predicted octanol–water partition coefficient (Wildman–Crippen LogP) is 4.21. The van der Waals surface area contributed by atoms with E-state index >= 15 is 0 Å². The molecule has 0 radical (unpaired) electrons. The summed E-state index contributed by atoms with van der Waals surface area (Å²) in [5.41, 5.74) is 1.36. The summed E-state index contributed by atoms with van der Waals surface area (Å²) in [4.78, 5) is 4.16. The Balaban J connectivity index is 2.03. The minimum atomic E-state index is -0.343. The molecule has 1 heterocycles. The lowest BCUT2D eigenvalue weighted by atomic mass is 10.1. The lowest BCUT2D eigenvalue weighted by Gasteiger charge is -1.99. The van der Waals surface area contributed by atoms with Crippen molar-refractivity contribution in [2.45, 2.75) is 6.92 Å². The Morgan fingerprint density at radius 2 is 2.00 bits per heavy atom. The van der Waals surface area contributed by atoms with Crippen molar-refractivity contribution in [2.75, 3.05) is 0 Å². The van der Waals surface area contributed by atoms with Crippen LogP contribution in [-0.2, 0) is 0 Å².